The molecule has 1 aliphatic heterocycles. The van der Waals surface area contributed by atoms with Crippen molar-refractivity contribution >= 4 is 40.5 Å². The average molecular weight is 366 g/mol. The van der Waals surface area contributed by atoms with E-state index in [4.69, 9.17) is 28.9 Å². The first-order valence-corrected chi connectivity index (χ1v) is 8.29. The van der Waals surface area contributed by atoms with E-state index < -0.39 is 0 Å². The Balaban J connectivity index is 1.69. The van der Waals surface area contributed by atoms with E-state index in [1.165, 1.54) is 0 Å². The Morgan fingerprint density at radius 2 is 1.75 bits per heavy atom. The lowest BCUT2D eigenvalue weighted by Crippen LogP contribution is -2.48. The average Bonchev–Trinajstić information content (AvgIpc) is 2.59. The van der Waals surface area contributed by atoms with Crippen LogP contribution in [0.3, 0.4) is 0 Å². The van der Waals surface area contributed by atoms with Gasteiger partial charge < -0.3 is 20.6 Å². The van der Waals surface area contributed by atoms with Crippen LogP contribution in [0.1, 0.15) is 10.4 Å². The van der Waals surface area contributed by atoms with Crippen LogP contribution in [0.4, 0.5) is 11.4 Å². The van der Waals surface area contributed by atoms with Gasteiger partial charge in [-0.25, -0.2) is 0 Å². The van der Waals surface area contributed by atoms with Crippen molar-refractivity contribution < 1.29 is 9.90 Å². The third-order valence-corrected chi connectivity index (χ3v) is 4.87. The lowest BCUT2D eigenvalue weighted by Gasteiger charge is -2.36. The Kier molecular flexibility index (Phi) is 4.73. The highest BCUT2D eigenvalue weighted by Gasteiger charge is 2.24. The van der Waals surface area contributed by atoms with Crippen molar-refractivity contribution in [1.82, 2.24) is 4.90 Å². The van der Waals surface area contributed by atoms with E-state index >= 15 is 0 Å². The zero-order chi connectivity index (χ0) is 17.3. The second-order valence-corrected chi connectivity index (χ2v) is 6.44. The molecule has 1 heterocycles. The Hall–Kier alpha value is -2.11. The molecule has 1 aliphatic rings. The third kappa shape index (κ3) is 3.23. The van der Waals surface area contributed by atoms with Crippen LogP contribution in [0, 0.1) is 0 Å². The number of nitrogens with zero attached hydrogens (tertiary/aromatic N) is 2. The molecule has 0 saturated carbocycles. The minimum atomic E-state index is -0.214. The van der Waals surface area contributed by atoms with Gasteiger partial charge in [-0.15, -0.1) is 0 Å². The predicted octanol–water partition coefficient (Wildman–Crippen LogP) is 3.24. The van der Waals surface area contributed by atoms with E-state index in [-0.39, 0.29) is 22.9 Å². The Morgan fingerprint density at radius 1 is 1.04 bits per heavy atom. The maximum absolute atomic E-state index is 12.6. The molecule has 3 N–H and O–H groups in total. The third-order valence-electron chi connectivity index (χ3n) is 4.13. The number of para-hydroxylation sites is 1. The first-order chi connectivity index (χ1) is 11.5. The summed E-state index contributed by atoms with van der Waals surface area (Å²) in [4.78, 5) is 16.4. The van der Waals surface area contributed by atoms with Gasteiger partial charge in [0.05, 0.1) is 21.3 Å². The number of benzene rings is 2. The van der Waals surface area contributed by atoms with E-state index in [1.807, 2.05) is 12.1 Å². The second-order valence-electron chi connectivity index (χ2n) is 5.62. The van der Waals surface area contributed by atoms with Crippen molar-refractivity contribution in [2.45, 2.75) is 0 Å². The highest BCUT2D eigenvalue weighted by molar-refractivity contribution is 6.42. The summed E-state index contributed by atoms with van der Waals surface area (Å²) in [5.41, 5.74) is 7.07. The van der Waals surface area contributed by atoms with Gasteiger partial charge in [-0.2, -0.15) is 0 Å². The summed E-state index contributed by atoms with van der Waals surface area (Å²) < 4.78 is 0. The topological polar surface area (TPSA) is 69.8 Å². The van der Waals surface area contributed by atoms with Crippen molar-refractivity contribution in [2.24, 2.45) is 0 Å². The Morgan fingerprint density at radius 3 is 2.42 bits per heavy atom. The van der Waals surface area contributed by atoms with Gasteiger partial charge in [0.1, 0.15) is 0 Å². The smallest absolute Gasteiger partial charge is 0.257 e. The first-order valence-electron chi connectivity index (χ1n) is 7.54. The second kappa shape index (κ2) is 6.79. The summed E-state index contributed by atoms with van der Waals surface area (Å²) in [6, 6.07) is 10.3. The van der Waals surface area contributed by atoms with Crippen molar-refractivity contribution in [3.05, 3.63) is 52.0 Å². The molecule has 5 nitrogen and oxygen atoms in total. The lowest BCUT2D eigenvalue weighted by molar-refractivity contribution is 0.0744. The molecule has 126 valence electrons. The van der Waals surface area contributed by atoms with Crippen molar-refractivity contribution in [2.75, 3.05) is 36.8 Å². The van der Waals surface area contributed by atoms with E-state index in [2.05, 4.69) is 4.90 Å². The number of halogens is 2. The molecule has 3 rings (SSSR count). The number of phenolic OH excluding ortho intramolecular Hbond substituents is 1. The number of phenols is 1. The number of hydrogen-bond acceptors (Lipinski definition) is 4. The SMILES string of the molecule is Nc1cccc(C(=O)N2CCN(c3ccc(Cl)c(Cl)c3)CC2)c1O. The molecule has 2 aromatic rings. The number of carbonyl (C=O) groups excluding carboxylic acids is 1. The monoisotopic (exact) mass is 365 g/mol. The van der Waals surface area contributed by atoms with E-state index in [0.29, 0.717) is 36.2 Å². The van der Waals surface area contributed by atoms with Crippen LogP contribution in [0.25, 0.3) is 0 Å². The molecule has 0 atom stereocenters. The quantitative estimate of drug-likeness (QED) is 0.632. The van der Waals surface area contributed by atoms with E-state index in [9.17, 15) is 9.90 Å². The summed E-state index contributed by atoms with van der Waals surface area (Å²) in [7, 11) is 0. The minimum Gasteiger partial charge on any atom is -0.505 e. The van der Waals surface area contributed by atoms with Gasteiger partial charge in [0.15, 0.2) is 5.75 Å². The fourth-order valence-corrected chi connectivity index (χ4v) is 3.05. The number of rotatable bonds is 2. The van der Waals surface area contributed by atoms with Gasteiger partial charge in [-0.3, -0.25) is 4.79 Å². The molecule has 2 aromatic carbocycles. The summed E-state index contributed by atoms with van der Waals surface area (Å²) in [5.74, 6) is -0.372. The highest BCUT2D eigenvalue weighted by Crippen LogP contribution is 2.29. The number of aromatic hydroxyl groups is 1. The van der Waals surface area contributed by atoms with E-state index in [0.717, 1.165) is 5.69 Å². The molecular formula is C17H17Cl2N3O2. The number of hydrogen-bond donors (Lipinski definition) is 2. The molecular weight excluding hydrogens is 349 g/mol. The number of anilines is 2. The first kappa shape index (κ1) is 16.7. The van der Waals surface area contributed by atoms with Crippen molar-refractivity contribution in [3.63, 3.8) is 0 Å². The Labute approximate surface area is 150 Å². The van der Waals surface area contributed by atoms with Crippen LogP contribution in [0.15, 0.2) is 36.4 Å². The number of nitrogen functional groups attached to an aromatic ring is 1. The molecule has 0 spiro atoms. The lowest BCUT2D eigenvalue weighted by atomic mass is 10.1. The molecule has 1 amide bonds. The van der Waals surface area contributed by atoms with Crippen molar-refractivity contribution in [1.29, 1.82) is 0 Å². The molecule has 1 saturated heterocycles. The number of carbonyl (C=O) groups is 1. The number of amides is 1. The predicted molar refractivity (Wildman–Crippen MR) is 97.1 cm³/mol. The maximum atomic E-state index is 12.6. The van der Waals surface area contributed by atoms with Gasteiger partial charge in [-0.05, 0) is 30.3 Å². The summed E-state index contributed by atoms with van der Waals surface area (Å²) >= 11 is 12.0. The van der Waals surface area contributed by atoms with Crippen LogP contribution in [0.5, 0.6) is 5.75 Å². The zero-order valence-electron chi connectivity index (χ0n) is 12.9. The van der Waals surface area contributed by atoms with Gasteiger partial charge in [0.2, 0.25) is 0 Å². The van der Waals surface area contributed by atoms with Gasteiger partial charge in [0, 0.05) is 31.9 Å². The van der Waals surface area contributed by atoms with Gasteiger partial charge >= 0.3 is 0 Å². The highest BCUT2D eigenvalue weighted by atomic mass is 35.5. The fourth-order valence-electron chi connectivity index (χ4n) is 2.75. The molecule has 1 fully saturated rings. The van der Waals surface area contributed by atoms with Crippen molar-refractivity contribution in [3.8, 4) is 5.75 Å². The van der Waals surface area contributed by atoms with Crippen LogP contribution < -0.4 is 10.6 Å². The molecule has 24 heavy (non-hydrogen) atoms. The standard InChI is InChI=1S/C17H17Cl2N3O2/c18-13-5-4-11(10-14(13)19)21-6-8-22(9-7-21)17(24)12-2-1-3-15(20)16(12)23/h1-5,10,23H,6-9,20H2. The summed E-state index contributed by atoms with van der Waals surface area (Å²) in [6.45, 7) is 2.44. The summed E-state index contributed by atoms with van der Waals surface area (Å²) in [6.07, 6.45) is 0. The molecule has 0 bridgehead atoms. The van der Waals surface area contributed by atoms with Crippen LogP contribution in [-0.4, -0.2) is 42.1 Å². The molecule has 0 radical (unpaired) electrons. The van der Waals surface area contributed by atoms with Gasteiger partial charge in [0.25, 0.3) is 5.91 Å². The largest absolute Gasteiger partial charge is 0.505 e. The van der Waals surface area contributed by atoms with Gasteiger partial charge in [-0.1, -0.05) is 29.3 Å². The minimum absolute atomic E-state index is 0.158. The Bertz CT molecular complexity index is 774. The normalized spacial score (nSPS) is 14.8. The van der Waals surface area contributed by atoms with Crippen LogP contribution in [-0.2, 0) is 0 Å². The molecule has 0 aliphatic carbocycles. The van der Waals surface area contributed by atoms with Crippen LogP contribution >= 0.6 is 23.2 Å². The zero-order valence-corrected chi connectivity index (χ0v) is 14.4. The number of piperazine rings is 1. The molecule has 0 aromatic heterocycles. The molecule has 0 unspecified atom stereocenters. The number of nitrogens with two attached hydrogens (primary N) is 1. The maximum Gasteiger partial charge on any atom is 0.257 e. The molecule has 7 heteroatoms. The van der Waals surface area contributed by atoms with E-state index in [1.54, 1.807) is 29.2 Å². The van der Waals surface area contributed by atoms with Crippen LogP contribution in [0.2, 0.25) is 10.0 Å². The summed E-state index contributed by atoms with van der Waals surface area (Å²) in [5, 5.41) is 11.0. The fraction of sp³-hybridized carbons (Fsp3) is 0.235.